The summed E-state index contributed by atoms with van der Waals surface area (Å²) in [6, 6.07) is 0.758. The van der Waals surface area contributed by atoms with Crippen LogP contribution in [0.2, 0.25) is 0 Å². The second-order valence-electron chi connectivity index (χ2n) is 4.03. The van der Waals surface area contributed by atoms with Crippen LogP contribution in [0.1, 0.15) is 25.7 Å². The van der Waals surface area contributed by atoms with Crippen molar-refractivity contribution < 1.29 is 0 Å². The Labute approximate surface area is 81.7 Å². The Kier molecular flexibility index (Phi) is 5.35. The van der Waals surface area contributed by atoms with E-state index < -0.39 is 0 Å². The van der Waals surface area contributed by atoms with Crippen LogP contribution >= 0.6 is 0 Å². The lowest BCUT2D eigenvalue weighted by molar-refractivity contribution is 0.234. The van der Waals surface area contributed by atoms with Crippen LogP contribution in [0.15, 0.2) is 0 Å². The largest absolute Gasteiger partial charge is 0.330 e. The molecule has 1 aliphatic rings. The first-order chi connectivity index (χ1) is 6.33. The van der Waals surface area contributed by atoms with E-state index in [-0.39, 0.29) is 0 Å². The molecule has 13 heavy (non-hydrogen) atoms. The molecule has 0 amide bonds. The van der Waals surface area contributed by atoms with Gasteiger partial charge in [-0.25, -0.2) is 0 Å². The van der Waals surface area contributed by atoms with Gasteiger partial charge >= 0.3 is 0 Å². The van der Waals surface area contributed by atoms with E-state index in [9.17, 15) is 0 Å². The highest BCUT2D eigenvalue weighted by Crippen LogP contribution is 2.07. The third-order valence-electron chi connectivity index (χ3n) is 2.78. The van der Waals surface area contributed by atoms with Gasteiger partial charge in [-0.3, -0.25) is 0 Å². The number of hydrogen-bond donors (Lipinski definition) is 2. The van der Waals surface area contributed by atoms with Gasteiger partial charge in [-0.05, 0) is 58.9 Å². The minimum atomic E-state index is 0.758. The first-order valence-corrected chi connectivity index (χ1v) is 5.45. The molecule has 1 aliphatic heterocycles. The molecule has 3 heteroatoms. The van der Waals surface area contributed by atoms with Gasteiger partial charge in [-0.15, -0.1) is 0 Å². The van der Waals surface area contributed by atoms with Crippen molar-refractivity contribution in [1.29, 1.82) is 0 Å². The van der Waals surface area contributed by atoms with Crippen molar-refractivity contribution >= 4 is 0 Å². The third-order valence-corrected chi connectivity index (χ3v) is 2.78. The van der Waals surface area contributed by atoms with Gasteiger partial charge < -0.3 is 16.0 Å². The molecule has 1 saturated heterocycles. The smallest absolute Gasteiger partial charge is 0.00914 e. The molecule has 3 N–H and O–H groups in total. The molecule has 1 heterocycles. The SMILES string of the molecule is CN1CCC(NCCCCN)CC1. The lowest BCUT2D eigenvalue weighted by atomic mass is 10.1. The van der Waals surface area contributed by atoms with Crippen molar-refractivity contribution in [2.45, 2.75) is 31.7 Å². The van der Waals surface area contributed by atoms with E-state index in [1.807, 2.05) is 0 Å². The maximum atomic E-state index is 5.43. The summed E-state index contributed by atoms with van der Waals surface area (Å²) < 4.78 is 0. The molecule has 0 aromatic carbocycles. The van der Waals surface area contributed by atoms with Crippen molar-refractivity contribution in [2.75, 3.05) is 33.2 Å². The van der Waals surface area contributed by atoms with Gasteiger partial charge in [0, 0.05) is 6.04 Å². The topological polar surface area (TPSA) is 41.3 Å². The molecule has 78 valence electrons. The molecule has 0 spiro atoms. The summed E-state index contributed by atoms with van der Waals surface area (Å²) >= 11 is 0. The molecule has 0 unspecified atom stereocenters. The van der Waals surface area contributed by atoms with E-state index in [0.29, 0.717) is 0 Å². The number of hydrogen-bond acceptors (Lipinski definition) is 3. The summed E-state index contributed by atoms with van der Waals surface area (Å²) in [6.45, 7) is 4.46. The normalized spacial score (nSPS) is 20.8. The standard InChI is InChI=1S/C10H23N3/c1-13-8-4-10(5-9-13)12-7-3-2-6-11/h10,12H,2-9,11H2,1H3. The van der Waals surface area contributed by atoms with Crippen molar-refractivity contribution in [2.24, 2.45) is 5.73 Å². The zero-order valence-corrected chi connectivity index (χ0v) is 8.76. The van der Waals surface area contributed by atoms with Crippen molar-refractivity contribution in [3.63, 3.8) is 0 Å². The number of nitrogens with two attached hydrogens (primary N) is 1. The van der Waals surface area contributed by atoms with Gasteiger partial charge in [0.2, 0.25) is 0 Å². The fourth-order valence-electron chi connectivity index (χ4n) is 1.79. The quantitative estimate of drug-likeness (QED) is 0.610. The van der Waals surface area contributed by atoms with Gasteiger partial charge in [0.25, 0.3) is 0 Å². The average Bonchev–Trinajstić information content (AvgIpc) is 2.15. The van der Waals surface area contributed by atoms with E-state index in [1.165, 1.54) is 32.4 Å². The van der Waals surface area contributed by atoms with E-state index in [2.05, 4.69) is 17.3 Å². The van der Waals surface area contributed by atoms with Crippen molar-refractivity contribution in [3.05, 3.63) is 0 Å². The molecular formula is C10H23N3. The van der Waals surface area contributed by atoms with Gasteiger partial charge in [0.15, 0.2) is 0 Å². The summed E-state index contributed by atoms with van der Waals surface area (Å²) in [5.41, 5.74) is 5.43. The first-order valence-electron chi connectivity index (χ1n) is 5.45. The Morgan fingerprint density at radius 3 is 2.62 bits per heavy atom. The first kappa shape index (κ1) is 11.0. The van der Waals surface area contributed by atoms with Crippen molar-refractivity contribution in [1.82, 2.24) is 10.2 Å². The molecule has 3 nitrogen and oxygen atoms in total. The highest BCUT2D eigenvalue weighted by molar-refractivity contribution is 4.75. The minimum absolute atomic E-state index is 0.758. The maximum Gasteiger partial charge on any atom is 0.00914 e. The predicted octanol–water partition coefficient (Wildman–Crippen LogP) is 0.409. The minimum Gasteiger partial charge on any atom is -0.330 e. The summed E-state index contributed by atoms with van der Waals surface area (Å²) in [7, 11) is 2.20. The van der Waals surface area contributed by atoms with E-state index >= 15 is 0 Å². The van der Waals surface area contributed by atoms with Crippen LogP contribution in [-0.2, 0) is 0 Å². The van der Waals surface area contributed by atoms with Gasteiger partial charge in [0.05, 0.1) is 0 Å². The zero-order chi connectivity index (χ0) is 9.52. The number of nitrogens with one attached hydrogen (secondary N) is 1. The summed E-state index contributed by atoms with van der Waals surface area (Å²) in [5.74, 6) is 0. The van der Waals surface area contributed by atoms with Gasteiger partial charge in [-0.1, -0.05) is 0 Å². The van der Waals surface area contributed by atoms with Crippen LogP contribution in [0, 0.1) is 0 Å². The maximum absolute atomic E-state index is 5.43. The second-order valence-corrected chi connectivity index (χ2v) is 4.03. The highest BCUT2D eigenvalue weighted by Gasteiger charge is 2.14. The van der Waals surface area contributed by atoms with Crippen LogP contribution in [0.5, 0.6) is 0 Å². The lowest BCUT2D eigenvalue weighted by Crippen LogP contribution is -2.41. The monoisotopic (exact) mass is 185 g/mol. The average molecular weight is 185 g/mol. The number of likely N-dealkylation sites (tertiary alicyclic amines) is 1. The van der Waals surface area contributed by atoms with Gasteiger partial charge in [-0.2, -0.15) is 0 Å². The van der Waals surface area contributed by atoms with E-state index in [1.54, 1.807) is 0 Å². The fraction of sp³-hybridized carbons (Fsp3) is 1.00. The van der Waals surface area contributed by atoms with E-state index in [4.69, 9.17) is 5.73 Å². The van der Waals surface area contributed by atoms with Crippen LogP contribution in [0.25, 0.3) is 0 Å². The molecular weight excluding hydrogens is 162 g/mol. The molecule has 0 bridgehead atoms. The Bertz CT molecular complexity index is 119. The summed E-state index contributed by atoms with van der Waals surface area (Å²) in [6.07, 6.45) is 4.99. The van der Waals surface area contributed by atoms with Crippen LogP contribution < -0.4 is 11.1 Å². The molecule has 0 aromatic heterocycles. The second kappa shape index (κ2) is 6.35. The Hall–Kier alpha value is -0.120. The molecule has 1 rings (SSSR count). The summed E-state index contributed by atoms with van der Waals surface area (Å²) in [5, 5.41) is 3.59. The lowest BCUT2D eigenvalue weighted by Gasteiger charge is -2.29. The van der Waals surface area contributed by atoms with Crippen molar-refractivity contribution in [3.8, 4) is 0 Å². The van der Waals surface area contributed by atoms with Crippen LogP contribution in [0.4, 0.5) is 0 Å². The highest BCUT2D eigenvalue weighted by atomic mass is 15.1. The Morgan fingerprint density at radius 2 is 2.00 bits per heavy atom. The Balaban J connectivity index is 1.96. The number of piperidine rings is 1. The van der Waals surface area contributed by atoms with Crippen LogP contribution in [0.3, 0.4) is 0 Å². The molecule has 0 radical (unpaired) electrons. The molecule has 0 atom stereocenters. The number of unbranched alkanes of at least 4 members (excludes halogenated alkanes) is 1. The van der Waals surface area contributed by atoms with Gasteiger partial charge in [0.1, 0.15) is 0 Å². The molecule has 0 aromatic rings. The fourth-order valence-corrected chi connectivity index (χ4v) is 1.79. The number of nitrogens with zero attached hydrogens (tertiary/aromatic N) is 1. The zero-order valence-electron chi connectivity index (χ0n) is 8.76. The predicted molar refractivity (Wildman–Crippen MR) is 56.8 cm³/mol. The van der Waals surface area contributed by atoms with E-state index in [0.717, 1.165) is 25.6 Å². The summed E-state index contributed by atoms with van der Waals surface area (Å²) in [4.78, 5) is 2.40. The molecule has 0 saturated carbocycles. The third kappa shape index (κ3) is 4.60. The van der Waals surface area contributed by atoms with Crippen LogP contribution in [-0.4, -0.2) is 44.2 Å². The Morgan fingerprint density at radius 1 is 1.31 bits per heavy atom. The molecule has 1 fully saturated rings. The number of rotatable bonds is 5. The molecule has 0 aliphatic carbocycles.